The zero-order valence-electron chi connectivity index (χ0n) is 15.1. The first-order valence-corrected chi connectivity index (χ1v) is 8.91. The van der Waals surface area contributed by atoms with Crippen molar-refractivity contribution in [1.29, 1.82) is 0 Å². The van der Waals surface area contributed by atoms with Crippen LogP contribution in [-0.4, -0.2) is 41.9 Å². The molecule has 7 heteroatoms. The van der Waals surface area contributed by atoms with Gasteiger partial charge in [0.25, 0.3) is 11.8 Å². The van der Waals surface area contributed by atoms with Crippen LogP contribution in [0.2, 0.25) is 0 Å². The zero-order chi connectivity index (χ0) is 19.2. The maximum atomic E-state index is 12.5. The average molecular weight is 370 g/mol. The Bertz CT molecular complexity index is 816. The molecule has 1 N–H and O–H groups in total. The SMILES string of the molecule is C[C@@H](OC(=O)CCNC(=O)c1ccco1)C(=O)N1CCc2ccccc2C1. The third-order valence-electron chi connectivity index (χ3n) is 4.46. The van der Waals surface area contributed by atoms with E-state index < -0.39 is 18.0 Å². The van der Waals surface area contributed by atoms with Gasteiger partial charge in [-0.05, 0) is 36.6 Å². The lowest BCUT2D eigenvalue weighted by Gasteiger charge is -2.30. The van der Waals surface area contributed by atoms with Crippen LogP contribution in [0, 0.1) is 0 Å². The van der Waals surface area contributed by atoms with Gasteiger partial charge >= 0.3 is 5.97 Å². The lowest BCUT2D eigenvalue weighted by Crippen LogP contribution is -2.42. The second-order valence-electron chi connectivity index (χ2n) is 6.39. The van der Waals surface area contributed by atoms with Crippen molar-refractivity contribution in [2.24, 2.45) is 0 Å². The first-order valence-electron chi connectivity index (χ1n) is 8.91. The maximum absolute atomic E-state index is 12.5. The Morgan fingerprint density at radius 3 is 2.70 bits per heavy atom. The maximum Gasteiger partial charge on any atom is 0.308 e. The Morgan fingerprint density at radius 2 is 1.96 bits per heavy atom. The number of carbonyl (C=O) groups excluding carboxylic acids is 3. The number of carbonyl (C=O) groups is 3. The smallest absolute Gasteiger partial charge is 0.308 e. The van der Waals surface area contributed by atoms with Crippen molar-refractivity contribution < 1.29 is 23.5 Å². The summed E-state index contributed by atoms with van der Waals surface area (Å²) in [6.07, 6.45) is 1.31. The van der Waals surface area contributed by atoms with Gasteiger partial charge in [-0.1, -0.05) is 24.3 Å². The molecule has 3 rings (SSSR count). The minimum absolute atomic E-state index is 0.0209. The Labute approximate surface area is 157 Å². The summed E-state index contributed by atoms with van der Waals surface area (Å²) in [7, 11) is 0. The van der Waals surface area contributed by atoms with E-state index in [9.17, 15) is 14.4 Å². The molecule has 27 heavy (non-hydrogen) atoms. The molecule has 0 saturated carbocycles. The Balaban J connectivity index is 1.43. The molecule has 0 unspecified atom stereocenters. The molecule has 0 bridgehead atoms. The number of amides is 2. The Hall–Kier alpha value is -3.09. The molecule has 1 aromatic heterocycles. The number of benzene rings is 1. The number of hydrogen-bond donors (Lipinski definition) is 1. The highest BCUT2D eigenvalue weighted by molar-refractivity contribution is 5.91. The molecule has 0 fully saturated rings. The minimum atomic E-state index is -0.858. The zero-order valence-corrected chi connectivity index (χ0v) is 15.1. The molecule has 0 radical (unpaired) electrons. The Morgan fingerprint density at radius 1 is 1.19 bits per heavy atom. The predicted molar refractivity (Wildman–Crippen MR) is 96.8 cm³/mol. The average Bonchev–Trinajstić information content (AvgIpc) is 3.21. The summed E-state index contributed by atoms with van der Waals surface area (Å²) in [6, 6.07) is 11.2. The van der Waals surface area contributed by atoms with Crippen LogP contribution in [0.1, 0.15) is 35.0 Å². The topological polar surface area (TPSA) is 88.8 Å². The predicted octanol–water partition coefficient (Wildman–Crippen LogP) is 1.92. The normalized spacial score (nSPS) is 14.2. The molecule has 2 aromatic rings. The summed E-state index contributed by atoms with van der Waals surface area (Å²) in [5.41, 5.74) is 2.37. The molecule has 1 aliphatic heterocycles. The summed E-state index contributed by atoms with van der Waals surface area (Å²) in [6.45, 7) is 2.81. The second kappa shape index (κ2) is 8.53. The van der Waals surface area contributed by atoms with Crippen LogP contribution in [0.25, 0.3) is 0 Å². The molecule has 0 spiro atoms. The molecule has 7 nitrogen and oxygen atoms in total. The number of esters is 1. The first-order chi connectivity index (χ1) is 13.0. The molecule has 1 aliphatic rings. The number of nitrogens with one attached hydrogen (secondary N) is 1. The molecule has 2 heterocycles. The monoisotopic (exact) mass is 370 g/mol. The van der Waals surface area contributed by atoms with E-state index in [1.54, 1.807) is 17.9 Å². The summed E-state index contributed by atoms with van der Waals surface area (Å²) in [5.74, 6) is -0.966. The standard InChI is InChI=1S/C20H22N2O5/c1-14(20(25)22-11-9-15-5-2-3-6-16(15)13-22)27-18(23)8-10-21-19(24)17-7-4-12-26-17/h2-7,12,14H,8-11,13H2,1H3,(H,21,24)/t14-/m1/s1. The fraction of sp³-hybridized carbons (Fsp3) is 0.350. The van der Waals surface area contributed by atoms with E-state index in [2.05, 4.69) is 11.4 Å². The molecule has 1 aromatic carbocycles. The van der Waals surface area contributed by atoms with Gasteiger partial charge in [-0.3, -0.25) is 14.4 Å². The number of ether oxygens (including phenoxy) is 1. The molecule has 0 aliphatic carbocycles. The van der Waals surface area contributed by atoms with Crippen molar-refractivity contribution in [3.05, 3.63) is 59.5 Å². The van der Waals surface area contributed by atoms with Gasteiger partial charge in [-0.15, -0.1) is 0 Å². The number of rotatable bonds is 6. The van der Waals surface area contributed by atoms with Crippen molar-refractivity contribution >= 4 is 17.8 Å². The van der Waals surface area contributed by atoms with E-state index in [1.165, 1.54) is 17.9 Å². The molecule has 142 valence electrons. The van der Waals surface area contributed by atoms with Gasteiger partial charge in [0.2, 0.25) is 0 Å². The lowest BCUT2D eigenvalue weighted by atomic mass is 9.99. The highest BCUT2D eigenvalue weighted by Crippen LogP contribution is 2.19. The second-order valence-corrected chi connectivity index (χ2v) is 6.39. The fourth-order valence-corrected chi connectivity index (χ4v) is 3.02. The van der Waals surface area contributed by atoms with E-state index in [0.717, 1.165) is 12.0 Å². The number of furan rings is 1. The summed E-state index contributed by atoms with van der Waals surface area (Å²) in [5, 5.41) is 2.56. The van der Waals surface area contributed by atoms with Gasteiger partial charge in [0.15, 0.2) is 11.9 Å². The highest BCUT2D eigenvalue weighted by Gasteiger charge is 2.26. The van der Waals surface area contributed by atoms with Crippen LogP contribution >= 0.6 is 0 Å². The van der Waals surface area contributed by atoms with Crippen LogP contribution in [0.4, 0.5) is 0 Å². The lowest BCUT2D eigenvalue weighted by molar-refractivity contribution is -0.159. The highest BCUT2D eigenvalue weighted by atomic mass is 16.5. The number of hydrogen-bond acceptors (Lipinski definition) is 5. The van der Waals surface area contributed by atoms with Crippen molar-refractivity contribution in [1.82, 2.24) is 10.2 Å². The van der Waals surface area contributed by atoms with E-state index in [4.69, 9.17) is 9.15 Å². The fourth-order valence-electron chi connectivity index (χ4n) is 3.02. The van der Waals surface area contributed by atoms with Crippen LogP contribution in [-0.2, 0) is 27.3 Å². The van der Waals surface area contributed by atoms with Crippen molar-refractivity contribution in [2.75, 3.05) is 13.1 Å². The third-order valence-corrected chi connectivity index (χ3v) is 4.46. The van der Waals surface area contributed by atoms with Gasteiger partial charge in [0.05, 0.1) is 12.7 Å². The van der Waals surface area contributed by atoms with E-state index in [0.29, 0.717) is 13.1 Å². The van der Waals surface area contributed by atoms with E-state index in [-0.39, 0.29) is 24.6 Å². The van der Waals surface area contributed by atoms with Gasteiger partial charge in [-0.2, -0.15) is 0 Å². The largest absolute Gasteiger partial charge is 0.459 e. The quantitative estimate of drug-likeness (QED) is 0.785. The molecular formula is C20H22N2O5. The number of fused-ring (bicyclic) bond motifs is 1. The van der Waals surface area contributed by atoms with Gasteiger partial charge in [-0.25, -0.2) is 0 Å². The van der Waals surface area contributed by atoms with Crippen LogP contribution < -0.4 is 5.32 Å². The van der Waals surface area contributed by atoms with Gasteiger partial charge in [0.1, 0.15) is 0 Å². The number of nitrogens with zero attached hydrogens (tertiary/aromatic N) is 1. The van der Waals surface area contributed by atoms with Crippen LogP contribution in [0.3, 0.4) is 0 Å². The molecule has 2 amide bonds. The third kappa shape index (κ3) is 4.75. The molecule has 0 saturated heterocycles. The molecule has 1 atom stereocenters. The first kappa shape index (κ1) is 18.7. The van der Waals surface area contributed by atoms with Crippen LogP contribution in [0.5, 0.6) is 0 Å². The van der Waals surface area contributed by atoms with Gasteiger partial charge < -0.3 is 19.4 Å². The Kier molecular flexibility index (Phi) is 5.90. The summed E-state index contributed by atoms with van der Waals surface area (Å²) >= 11 is 0. The van der Waals surface area contributed by atoms with Crippen LogP contribution in [0.15, 0.2) is 47.1 Å². The van der Waals surface area contributed by atoms with Crippen molar-refractivity contribution in [2.45, 2.75) is 32.4 Å². The van der Waals surface area contributed by atoms with Gasteiger partial charge in [0, 0.05) is 19.6 Å². The van der Waals surface area contributed by atoms with E-state index in [1.807, 2.05) is 18.2 Å². The van der Waals surface area contributed by atoms with Crippen molar-refractivity contribution in [3.8, 4) is 0 Å². The molecular weight excluding hydrogens is 348 g/mol. The van der Waals surface area contributed by atoms with Crippen molar-refractivity contribution in [3.63, 3.8) is 0 Å². The summed E-state index contributed by atoms with van der Waals surface area (Å²) < 4.78 is 10.2. The summed E-state index contributed by atoms with van der Waals surface area (Å²) in [4.78, 5) is 37.9. The van der Waals surface area contributed by atoms with E-state index >= 15 is 0 Å². The minimum Gasteiger partial charge on any atom is -0.459 e.